The number of aliphatic hydroxyl groups excluding tert-OH is 2. The number of hydrogen-bond donors (Lipinski definition) is 5. The van der Waals surface area contributed by atoms with Crippen molar-refractivity contribution in [1.82, 2.24) is 51.9 Å². The smallest absolute Gasteiger partial charge is 0.466 e. The van der Waals surface area contributed by atoms with E-state index >= 15 is 0 Å². The zero-order chi connectivity index (χ0) is 81.9. The second kappa shape index (κ2) is 43.2. The van der Waals surface area contributed by atoms with Crippen molar-refractivity contribution in [3.8, 4) is 11.1 Å². The van der Waals surface area contributed by atoms with E-state index in [1.807, 2.05) is 0 Å². The number of hydrogen-bond acceptors (Lipinski definition) is 21. The van der Waals surface area contributed by atoms with Gasteiger partial charge >= 0.3 is 19.1 Å². The molecule has 0 atom stereocenters. The van der Waals surface area contributed by atoms with E-state index in [4.69, 9.17) is 60.4 Å². The summed E-state index contributed by atoms with van der Waals surface area (Å²) in [6.45, 7) is 2.07. The van der Waals surface area contributed by atoms with E-state index in [1.165, 1.54) is 165 Å². The van der Waals surface area contributed by atoms with Crippen molar-refractivity contribution < 1.29 is 79.2 Å². The number of pyridine rings is 6. The van der Waals surface area contributed by atoms with Gasteiger partial charge in [-0.15, -0.1) is 34.8 Å². The molecule has 0 aliphatic heterocycles. The zero-order valence-electron chi connectivity index (χ0n) is 57.0. The van der Waals surface area contributed by atoms with Crippen LogP contribution in [0.25, 0.3) is 39.4 Å². The lowest BCUT2D eigenvalue weighted by Gasteiger charge is -2.09. The molecule has 13 aromatic rings. The molecule has 11 heterocycles. The first-order valence-electron chi connectivity index (χ1n) is 31.2. The summed E-state index contributed by atoms with van der Waals surface area (Å²) >= 11 is 25.4. The van der Waals surface area contributed by atoms with E-state index in [0.717, 1.165) is 28.1 Å². The molecule has 0 fully saturated rings. The van der Waals surface area contributed by atoms with Gasteiger partial charge in [0.05, 0.1) is 65.8 Å². The maximum atomic E-state index is 13.7. The maximum Gasteiger partial charge on any atom is 0.488 e. The van der Waals surface area contributed by atoms with Crippen LogP contribution in [-0.4, -0.2) is 109 Å². The van der Waals surface area contributed by atoms with Crippen LogP contribution in [0.5, 0.6) is 0 Å². The molecule has 0 bridgehead atoms. The summed E-state index contributed by atoms with van der Waals surface area (Å²) in [7, 11) is -1.59. The topological polar surface area (TPSA) is 361 Å². The Morgan fingerprint density at radius 1 is 0.505 bits per heavy atom. The van der Waals surface area contributed by atoms with Gasteiger partial charge < -0.3 is 35.5 Å². The molecule has 580 valence electrons. The van der Waals surface area contributed by atoms with Gasteiger partial charge in [-0.3, -0.25) is 60.4 Å². The number of benzene rings is 2. The normalized spacial score (nSPS) is 10.4. The fourth-order valence-corrected chi connectivity index (χ4v) is 10.6. The van der Waals surface area contributed by atoms with E-state index in [0.29, 0.717) is 18.0 Å². The molecule has 0 aliphatic rings. The van der Waals surface area contributed by atoms with E-state index in [2.05, 4.69) is 82.4 Å². The minimum Gasteiger partial charge on any atom is -0.466 e. The van der Waals surface area contributed by atoms with Crippen LogP contribution in [0.4, 0.5) is 40.9 Å². The number of Topliss-reactive ketones (excluding diaryl/α,β-unsaturated/α-hetero) is 1. The van der Waals surface area contributed by atoms with Gasteiger partial charge in [0.25, 0.3) is 27.8 Å². The summed E-state index contributed by atoms with van der Waals surface area (Å²) in [4.78, 5) is 114. The molecule has 11 aromatic heterocycles. The largest absolute Gasteiger partial charge is 0.488 e. The van der Waals surface area contributed by atoms with Crippen molar-refractivity contribution in [2.24, 2.45) is 0 Å². The van der Waals surface area contributed by atoms with Crippen molar-refractivity contribution in [2.75, 3.05) is 18.2 Å². The minimum atomic E-state index is -1.59. The Morgan fingerprint density at radius 3 is 1.33 bits per heavy atom. The highest BCUT2D eigenvalue weighted by Gasteiger charge is 2.19. The summed E-state index contributed by atoms with van der Waals surface area (Å²) in [6.07, 6.45) is 8.35. The lowest BCUT2D eigenvalue weighted by molar-refractivity contribution is -0.145. The summed E-state index contributed by atoms with van der Waals surface area (Å²) in [5.74, 6) is -5.75. The fraction of sp³-hybridized carbons (Fsp3) is 0.143. The van der Waals surface area contributed by atoms with Crippen molar-refractivity contribution in [1.29, 1.82) is 0 Å². The highest BCUT2D eigenvalue weighted by molar-refractivity contribution is 9.11. The Morgan fingerprint density at radius 2 is 0.928 bits per heavy atom. The highest BCUT2D eigenvalue weighted by atomic mass is 79.9. The van der Waals surface area contributed by atoms with Crippen LogP contribution in [-0.2, 0) is 55.4 Å². The number of halogens is 14. The van der Waals surface area contributed by atoms with Crippen molar-refractivity contribution in [3.63, 3.8) is 0 Å². The number of ketones is 1. The first kappa shape index (κ1) is 89.3. The number of nitrogens with two attached hydrogens (primary N) is 1. The Balaban J connectivity index is 0.000000201. The van der Waals surface area contributed by atoms with Crippen molar-refractivity contribution >= 4 is 147 Å². The van der Waals surface area contributed by atoms with E-state index in [1.54, 1.807) is 6.92 Å². The second-order valence-electron chi connectivity index (χ2n) is 21.4. The Labute approximate surface area is 659 Å². The Hall–Kier alpha value is -10.5. The summed E-state index contributed by atoms with van der Waals surface area (Å²) in [5.41, 5.74) is 4.06. The number of nitrogen functional groups attached to an aromatic ring is 1. The second-order valence-corrected chi connectivity index (χ2v) is 24.6. The average Bonchev–Trinajstić information content (AvgIpc) is 0.765. The molecule has 26 nitrogen and oxygen atoms in total. The molecule has 13 rings (SSSR count). The summed E-state index contributed by atoms with van der Waals surface area (Å²) in [5, 5.41) is 35.4. The molecule has 41 heteroatoms. The number of esters is 2. The SMILES string of the molecule is CC(=O)OCc1nc2c(F)cccn2c(=O)c1Br.CCOC(=O)CC(=O)CCl.Nc1ncccc1F.O=c1c(-c2cccc(F)c2)c(CO)nc2c(F)cccn12.O=c1c(Br)c(CCl)nc2c(F)cccn12.O=c1c(Br)c(CO)nc2c(F)cccn12.O=c1cc(CCl)nc2c(F)cccn12.OB(O)c1cccc(F)c1. The monoisotopic (exact) mass is 1790 g/mol. The number of ether oxygens (including phenoxy) is 2. The molecule has 0 amide bonds. The molecule has 0 aliphatic carbocycles. The van der Waals surface area contributed by atoms with Crippen LogP contribution < -0.4 is 39.0 Å². The van der Waals surface area contributed by atoms with Gasteiger partial charge in [0, 0.05) is 50.2 Å². The van der Waals surface area contributed by atoms with Crippen LogP contribution in [0, 0.1) is 46.5 Å². The molecular formula is C70H55BBr3Cl3F8N12O14. The average molecular weight is 1800 g/mol. The Kier molecular flexibility index (Phi) is 34.7. The number of aliphatic hydroxyl groups is 2. The van der Waals surface area contributed by atoms with Gasteiger partial charge in [0.2, 0.25) is 0 Å². The van der Waals surface area contributed by atoms with Crippen LogP contribution in [0.15, 0.2) is 202 Å². The van der Waals surface area contributed by atoms with Crippen molar-refractivity contribution in [3.05, 3.63) is 305 Å². The first-order valence-corrected chi connectivity index (χ1v) is 35.2. The van der Waals surface area contributed by atoms with Gasteiger partial charge in [0.1, 0.15) is 43.8 Å². The van der Waals surface area contributed by atoms with Gasteiger partial charge in [-0.2, -0.15) is 0 Å². The quantitative estimate of drug-likeness (QED) is 0.0249. The highest BCUT2D eigenvalue weighted by Crippen LogP contribution is 2.23. The number of nitrogens with zero attached hydrogens (tertiary/aromatic N) is 11. The van der Waals surface area contributed by atoms with E-state index < -0.39 is 95.5 Å². The lowest BCUT2D eigenvalue weighted by Crippen LogP contribution is -2.29. The molecule has 0 unspecified atom stereocenters. The van der Waals surface area contributed by atoms with Crippen LogP contribution in [0.3, 0.4) is 0 Å². The van der Waals surface area contributed by atoms with Gasteiger partial charge in [-0.05, 0) is 163 Å². The molecule has 2 aromatic carbocycles. The predicted octanol–water partition coefficient (Wildman–Crippen LogP) is 9.84. The van der Waals surface area contributed by atoms with Crippen LogP contribution >= 0.6 is 82.6 Å². The zero-order valence-corrected chi connectivity index (χ0v) is 64.0. The van der Waals surface area contributed by atoms with Gasteiger partial charge in [-0.1, -0.05) is 24.3 Å². The third-order valence-corrected chi connectivity index (χ3v) is 17.1. The maximum absolute atomic E-state index is 13.7. The number of rotatable bonds is 12. The number of carbonyl (C=O) groups excluding carboxylic acids is 3. The number of carbonyl (C=O) groups is 3. The minimum absolute atomic E-state index is 0.00986. The van der Waals surface area contributed by atoms with E-state index in [9.17, 15) is 78.6 Å². The molecule has 0 spiro atoms. The van der Waals surface area contributed by atoms with Gasteiger partial charge in [-0.25, -0.2) is 65.0 Å². The third kappa shape index (κ3) is 24.5. The summed E-state index contributed by atoms with van der Waals surface area (Å²) in [6, 6.07) is 27.8. The fourth-order valence-electron chi connectivity index (χ4n) is 8.83. The van der Waals surface area contributed by atoms with Crippen LogP contribution in [0.1, 0.15) is 48.7 Å². The summed E-state index contributed by atoms with van der Waals surface area (Å²) < 4.78 is 120. The Bertz CT molecular complexity index is 5720. The molecule has 111 heavy (non-hydrogen) atoms. The third-order valence-electron chi connectivity index (χ3n) is 13.9. The lowest BCUT2D eigenvalue weighted by atomic mass is 9.80. The number of fused-ring (bicyclic) bond motifs is 5. The first-order chi connectivity index (χ1) is 52.8. The molecule has 0 radical (unpaired) electrons. The van der Waals surface area contributed by atoms with Crippen molar-refractivity contribution in [2.45, 2.75) is 51.8 Å². The number of anilines is 1. The van der Waals surface area contributed by atoms with Gasteiger partial charge in [0.15, 0.2) is 74.7 Å². The molecular weight excluding hydrogens is 1740 g/mol. The number of alkyl halides is 3. The molecule has 0 saturated carbocycles. The molecule has 0 saturated heterocycles. The molecule has 6 N–H and O–H groups in total. The van der Waals surface area contributed by atoms with E-state index in [-0.39, 0.29) is 129 Å². The standard InChI is InChI=1S/C15H10F2N2O2.C11H8BrFN2O3.C9H5BrClFN2O.C9H6BrFN2O2.C9H6ClFN2O.C6H6BFO2.C6H9ClO3.C5H5FN2/c16-10-4-1-3-9(7-10)13-12(8-20)18-14-11(17)5-2-6-19(14)15(13)21;1-6(16)18-5-8-9(12)11(17)15-4-2-3-7(13)10(15)14-8;10-7-6(4-11)13-8-5(12)2-1-3-14(8)9(7)15;10-7-6(4-14)12-8-5(11)2-1-3-13(8)9(7)15;10-5-6-4-8(14)13-3-1-2-7(11)9(13)12-6;8-6-3-1-2-5(4-6)7(9)10;1-2-10-6(9)3-5(8)4-7;6-4-2-1-3-8-5(4)7/h1-7,20H,8H2;2-4H,5H2,1H3;1-3H,4H2;1-3,14H,4H2;1-4H,5H2;1-4,9-10H;2-4H2,1H3;1-3H,(H2,7,8). The van der Waals surface area contributed by atoms with Crippen LogP contribution in [0.2, 0.25) is 0 Å². The predicted molar refractivity (Wildman–Crippen MR) is 404 cm³/mol. The number of aromatic nitrogens is 11.